The molecule has 0 amide bonds. The summed E-state index contributed by atoms with van der Waals surface area (Å²) >= 11 is 0. The Morgan fingerprint density at radius 2 is 0.980 bits per heavy atom. The van der Waals surface area contributed by atoms with Crippen molar-refractivity contribution >= 4 is 71.3 Å². The molecule has 0 aliphatic rings. The molecular weight excluding hydrogens is 607 g/mol. The van der Waals surface area contributed by atoms with Gasteiger partial charge in [-0.1, -0.05) is 146 Å². The summed E-state index contributed by atoms with van der Waals surface area (Å²) in [6.07, 6.45) is 0. The molecule has 0 fully saturated rings. The van der Waals surface area contributed by atoms with Crippen molar-refractivity contribution in [1.82, 2.24) is 0 Å². The number of hydrogen-bond acceptors (Lipinski definition) is 2. The lowest BCUT2D eigenvalue weighted by Crippen LogP contribution is -2.10. The molecule has 9 aromatic carbocycles. The third-order valence-corrected chi connectivity index (χ3v) is 10.0. The predicted molar refractivity (Wildman–Crippen MR) is 212 cm³/mol. The molecule has 10 aromatic rings. The van der Waals surface area contributed by atoms with E-state index in [9.17, 15) is 0 Å². The Morgan fingerprint density at radius 1 is 0.340 bits per heavy atom. The van der Waals surface area contributed by atoms with Crippen molar-refractivity contribution in [1.29, 1.82) is 0 Å². The van der Waals surface area contributed by atoms with Crippen LogP contribution < -0.4 is 4.90 Å². The fourth-order valence-electron chi connectivity index (χ4n) is 7.72. The van der Waals surface area contributed by atoms with Crippen LogP contribution in [0.5, 0.6) is 0 Å². The average molecular weight is 638 g/mol. The van der Waals surface area contributed by atoms with Crippen LogP contribution in [0.1, 0.15) is 0 Å². The predicted octanol–water partition coefficient (Wildman–Crippen LogP) is 13.8. The van der Waals surface area contributed by atoms with Crippen LogP contribution in [-0.4, -0.2) is 0 Å². The van der Waals surface area contributed by atoms with Gasteiger partial charge in [0, 0.05) is 33.6 Å². The van der Waals surface area contributed by atoms with Gasteiger partial charge in [-0.05, 0) is 85.6 Å². The highest BCUT2D eigenvalue weighted by Crippen LogP contribution is 2.45. The fraction of sp³-hybridized carbons (Fsp3) is 0. The molecule has 0 aliphatic carbocycles. The van der Waals surface area contributed by atoms with E-state index in [0.29, 0.717) is 0 Å². The SMILES string of the molecule is c1ccc(-c2cccc(N(c3ccc(-c4cc5ccccc5c5ccccc45)cc3)c3cc4oc5ccccc5c4c4ccccc34)c2)cc1. The molecule has 1 heterocycles. The van der Waals surface area contributed by atoms with Crippen LogP contribution in [0.2, 0.25) is 0 Å². The van der Waals surface area contributed by atoms with Gasteiger partial charge in [-0.3, -0.25) is 0 Å². The summed E-state index contributed by atoms with van der Waals surface area (Å²) in [4.78, 5) is 2.38. The van der Waals surface area contributed by atoms with Crippen molar-refractivity contribution in [3.8, 4) is 22.3 Å². The molecular formula is C48H31NO. The molecule has 1 aromatic heterocycles. The van der Waals surface area contributed by atoms with Gasteiger partial charge in [0.25, 0.3) is 0 Å². The Hall–Kier alpha value is -6.64. The van der Waals surface area contributed by atoms with Gasteiger partial charge < -0.3 is 9.32 Å². The van der Waals surface area contributed by atoms with Crippen LogP contribution in [0.25, 0.3) is 76.5 Å². The molecule has 0 aliphatic heterocycles. The van der Waals surface area contributed by atoms with Crippen molar-refractivity contribution in [3.63, 3.8) is 0 Å². The molecule has 234 valence electrons. The highest BCUT2D eigenvalue weighted by molar-refractivity contribution is 6.22. The second-order valence-corrected chi connectivity index (χ2v) is 12.9. The van der Waals surface area contributed by atoms with Crippen molar-refractivity contribution in [3.05, 3.63) is 188 Å². The Labute approximate surface area is 290 Å². The third-order valence-electron chi connectivity index (χ3n) is 10.0. The van der Waals surface area contributed by atoms with Crippen molar-refractivity contribution in [2.75, 3.05) is 4.90 Å². The zero-order chi connectivity index (χ0) is 33.0. The second kappa shape index (κ2) is 11.5. The highest BCUT2D eigenvalue weighted by Gasteiger charge is 2.21. The Kier molecular flexibility index (Phi) is 6.53. The summed E-state index contributed by atoms with van der Waals surface area (Å²) < 4.78 is 6.54. The largest absolute Gasteiger partial charge is 0.456 e. The minimum Gasteiger partial charge on any atom is -0.456 e. The molecule has 0 N–H and O–H groups in total. The minimum absolute atomic E-state index is 0.878. The van der Waals surface area contributed by atoms with Crippen LogP contribution in [0, 0.1) is 0 Å². The van der Waals surface area contributed by atoms with E-state index in [2.05, 4.69) is 187 Å². The van der Waals surface area contributed by atoms with Crippen LogP contribution >= 0.6 is 0 Å². The van der Waals surface area contributed by atoms with Crippen LogP contribution in [0.3, 0.4) is 0 Å². The van der Waals surface area contributed by atoms with Crippen LogP contribution in [0.15, 0.2) is 192 Å². The molecule has 2 heteroatoms. The summed E-state index contributed by atoms with van der Waals surface area (Å²) in [6.45, 7) is 0. The van der Waals surface area contributed by atoms with Gasteiger partial charge in [-0.2, -0.15) is 0 Å². The number of hydrogen-bond donors (Lipinski definition) is 0. The molecule has 10 rings (SSSR count). The summed E-state index contributed by atoms with van der Waals surface area (Å²) in [6, 6.07) is 67.5. The van der Waals surface area contributed by atoms with Gasteiger partial charge in [0.05, 0.1) is 5.69 Å². The first-order valence-electron chi connectivity index (χ1n) is 17.1. The van der Waals surface area contributed by atoms with E-state index < -0.39 is 0 Å². The molecule has 0 bridgehead atoms. The van der Waals surface area contributed by atoms with E-state index >= 15 is 0 Å². The van der Waals surface area contributed by atoms with Crippen LogP contribution in [-0.2, 0) is 0 Å². The lowest BCUT2D eigenvalue weighted by Gasteiger charge is -2.28. The smallest absolute Gasteiger partial charge is 0.138 e. The highest BCUT2D eigenvalue weighted by atomic mass is 16.3. The van der Waals surface area contributed by atoms with Crippen molar-refractivity contribution in [2.24, 2.45) is 0 Å². The van der Waals surface area contributed by atoms with Gasteiger partial charge >= 0.3 is 0 Å². The van der Waals surface area contributed by atoms with Gasteiger partial charge in [0.15, 0.2) is 0 Å². The first kappa shape index (κ1) is 28.4. The molecule has 0 saturated carbocycles. The standard InChI is InChI=1S/C48H31NO/c1-2-13-32(14-3-1)34-16-12-17-37(29-34)49(45-31-47-48(42-22-9-8-21-41(42)45)43-23-10-11-24-46(43)50-47)36-27-25-33(26-28-36)44-30-35-15-4-5-18-38(35)39-19-6-7-20-40(39)44/h1-31H. The lowest BCUT2D eigenvalue weighted by atomic mass is 9.93. The molecule has 0 radical (unpaired) electrons. The van der Waals surface area contributed by atoms with Gasteiger partial charge in [0.2, 0.25) is 0 Å². The van der Waals surface area contributed by atoms with E-state index in [-0.39, 0.29) is 0 Å². The maximum atomic E-state index is 6.54. The Balaban J connectivity index is 1.20. The van der Waals surface area contributed by atoms with Gasteiger partial charge in [-0.25, -0.2) is 0 Å². The van der Waals surface area contributed by atoms with Crippen LogP contribution in [0.4, 0.5) is 17.1 Å². The summed E-state index contributed by atoms with van der Waals surface area (Å²) in [5, 5.41) is 9.68. The first-order chi connectivity index (χ1) is 24.8. The zero-order valence-electron chi connectivity index (χ0n) is 27.3. The van der Waals surface area contributed by atoms with E-state index in [1.807, 2.05) is 6.07 Å². The molecule has 0 spiro atoms. The van der Waals surface area contributed by atoms with Crippen molar-refractivity contribution < 1.29 is 4.42 Å². The third kappa shape index (κ3) is 4.57. The molecule has 0 unspecified atom stereocenters. The summed E-state index contributed by atoms with van der Waals surface area (Å²) in [7, 11) is 0. The molecule has 0 atom stereocenters. The van der Waals surface area contributed by atoms with Crippen molar-refractivity contribution in [2.45, 2.75) is 0 Å². The fourth-order valence-corrected chi connectivity index (χ4v) is 7.72. The first-order valence-corrected chi connectivity index (χ1v) is 17.1. The van der Waals surface area contributed by atoms with E-state index in [0.717, 1.165) is 39.0 Å². The quantitative estimate of drug-likeness (QED) is 0.175. The number of benzene rings is 9. The number of para-hydroxylation sites is 1. The lowest BCUT2D eigenvalue weighted by molar-refractivity contribution is 0.669. The summed E-state index contributed by atoms with van der Waals surface area (Å²) in [5.74, 6) is 0. The second-order valence-electron chi connectivity index (χ2n) is 12.9. The number of furan rings is 1. The average Bonchev–Trinajstić information content (AvgIpc) is 3.57. The molecule has 0 saturated heterocycles. The topological polar surface area (TPSA) is 16.4 Å². The maximum Gasteiger partial charge on any atom is 0.138 e. The maximum absolute atomic E-state index is 6.54. The van der Waals surface area contributed by atoms with Gasteiger partial charge in [-0.15, -0.1) is 0 Å². The molecule has 2 nitrogen and oxygen atoms in total. The monoisotopic (exact) mass is 637 g/mol. The number of nitrogens with zero attached hydrogens (tertiary/aromatic N) is 1. The minimum atomic E-state index is 0.878. The normalized spacial score (nSPS) is 11.6. The number of anilines is 3. The number of fused-ring (bicyclic) bond motifs is 8. The number of rotatable bonds is 5. The zero-order valence-corrected chi connectivity index (χ0v) is 27.3. The van der Waals surface area contributed by atoms with Gasteiger partial charge in [0.1, 0.15) is 11.2 Å². The van der Waals surface area contributed by atoms with E-state index in [1.165, 1.54) is 54.6 Å². The Bertz CT molecular complexity index is 2870. The Morgan fingerprint density at radius 3 is 1.80 bits per heavy atom. The molecule has 50 heavy (non-hydrogen) atoms. The summed E-state index contributed by atoms with van der Waals surface area (Å²) in [5.41, 5.74) is 9.77. The van der Waals surface area contributed by atoms with E-state index in [4.69, 9.17) is 4.42 Å². The van der Waals surface area contributed by atoms with E-state index in [1.54, 1.807) is 0 Å².